The molecule has 0 fully saturated rings. The molecule has 3 nitrogen and oxygen atoms in total. The number of hydrogen-bond donors (Lipinski definition) is 2. The highest BCUT2D eigenvalue weighted by Crippen LogP contribution is 2.12. The smallest absolute Gasteiger partial charge is 0.320 e. The maximum Gasteiger partial charge on any atom is 0.320 e. The van der Waals surface area contributed by atoms with E-state index in [2.05, 4.69) is 29.6 Å². The molecule has 1 rings (SSSR count). The number of carboxylic acids is 1. The third-order valence-corrected chi connectivity index (χ3v) is 4.09. The van der Waals surface area contributed by atoms with Crippen molar-refractivity contribution in [2.45, 2.75) is 38.5 Å². The zero-order valence-electron chi connectivity index (χ0n) is 12.3. The molecule has 0 spiro atoms. The third kappa shape index (κ3) is 7.56. The molecule has 0 heterocycles. The fourth-order valence-electron chi connectivity index (χ4n) is 1.96. The van der Waals surface area contributed by atoms with E-state index in [0.29, 0.717) is 12.3 Å². The first kappa shape index (κ1) is 17.1. The maximum atomic E-state index is 11.1. The molecular formula is C16H25NO2S. The van der Waals surface area contributed by atoms with Gasteiger partial charge in [-0.15, -0.1) is 0 Å². The molecule has 112 valence electrons. The quantitative estimate of drug-likeness (QED) is 0.650. The van der Waals surface area contributed by atoms with Gasteiger partial charge < -0.3 is 10.4 Å². The van der Waals surface area contributed by atoms with Crippen molar-refractivity contribution in [1.82, 2.24) is 5.32 Å². The minimum Gasteiger partial charge on any atom is -0.480 e. The van der Waals surface area contributed by atoms with Crippen LogP contribution in [0, 0.1) is 5.92 Å². The number of carboxylic acid groups (broad SMARTS) is 1. The van der Waals surface area contributed by atoms with Gasteiger partial charge in [0.2, 0.25) is 0 Å². The summed E-state index contributed by atoms with van der Waals surface area (Å²) in [6, 6.07) is 10.00. The number of benzene rings is 1. The van der Waals surface area contributed by atoms with Crippen LogP contribution in [0.5, 0.6) is 0 Å². The normalized spacial score (nSPS) is 12.6. The van der Waals surface area contributed by atoms with Gasteiger partial charge in [-0.2, -0.15) is 11.8 Å². The largest absolute Gasteiger partial charge is 0.480 e. The minimum absolute atomic E-state index is 0.399. The molecule has 1 aromatic rings. The van der Waals surface area contributed by atoms with Crippen LogP contribution in [0.15, 0.2) is 30.3 Å². The second-order valence-corrected chi connectivity index (χ2v) is 6.47. The molecule has 20 heavy (non-hydrogen) atoms. The SMILES string of the molecule is CC(C)C[C@H](NCCCSCc1ccccc1)C(=O)O. The van der Waals surface area contributed by atoms with Gasteiger partial charge in [0.25, 0.3) is 0 Å². The number of nitrogens with one attached hydrogen (secondary N) is 1. The Morgan fingerprint density at radius 3 is 2.60 bits per heavy atom. The zero-order chi connectivity index (χ0) is 14.8. The monoisotopic (exact) mass is 295 g/mol. The van der Waals surface area contributed by atoms with E-state index in [4.69, 9.17) is 5.11 Å². The van der Waals surface area contributed by atoms with E-state index in [1.807, 2.05) is 31.7 Å². The Hall–Kier alpha value is -1.00. The molecule has 1 aromatic carbocycles. The Bertz CT molecular complexity index is 381. The summed E-state index contributed by atoms with van der Waals surface area (Å²) in [6.07, 6.45) is 1.69. The minimum atomic E-state index is -0.740. The van der Waals surface area contributed by atoms with Gasteiger partial charge in [-0.1, -0.05) is 44.2 Å². The number of hydrogen-bond acceptors (Lipinski definition) is 3. The van der Waals surface area contributed by atoms with Crippen molar-refractivity contribution < 1.29 is 9.90 Å². The van der Waals surface area contributed by atoms with Crippen LogP contribution in [0.4, 0.5) is 0 Å². The van der Waals surface area contributed by atoms with Gasteiger partial charge >= 0.3 is 5.97 Å². The fraction of sp³-hybridized carbons (Fsp3) is 0.562. The van der Waals surface area contributed by atoms with Crippen molar-refractivity contribution in [3.63, 3.8) is 0 Å². The standard InChI is InChI=1S/C16H25NO2S/c1-13(2)11-15(16(18)19)17-9-6-10-20-12-14-7-4-3-5-8-14/h3-5,7-8,13,15,17H,6,9-12H2,1-2H3,(H,18,19)/t15-/m0/s1. The highest BCUT2D eigenvalue weighted by Gasteiger charge is 2.17. The summed E-state index contributed by atoms with van der Waals surface area (Å²) in [4.78, 5) is 11.1. The molecule has 0 amide bonds. The van der Waals surface area contributed by atoms with Gasteiger partial charge in [0.1, 0.15) is 6.04 Å². The van der Waals surface area contributed by atoms with Crippen LogP contribution in [-0.2, 0) is 10.5 Å². The van der Waals surface area contributed by atoms with Crippen LogP contribution in [-0.4, -0.2) is 29.4 Å². The van der Waals surface area contributed by atoms with Crippen molar-refractivity contribution in [2.75, 3.05) is 12.3 Å². The number of carbonyl (C=O) groups is 1. The summed E-state index contributed by atoms with van der Waals surface area (Å²) >= 11 is 1.89. The average molecular weight is 295 g/mol. The molecule has 4 heteroatoms. The molecule has 0 aliphatic rings. The van der Waals surface area contributed by atoms with Gasteiger partial charge in [0, 0.05) is 5.75 Å². The van der Waals surface area contributed by atoms with Crippen molar-refractivity contribution in [1.29, 1.82) is 0 Å². The van der Waals surface area contributed by atoms with Gasteiger partial charge in [-0.25, -0.2) is 0 Å². The molecule has 0 aliphatic heterocycles. The van der Waals surface area contributed by atoms with E-state index in [0.717, 1.165) is 24.5 Å². The van der Waals surface area contributed by atoms with E-state index < -0.39 is 12.0 Å². The second kappa shape index (κ2) is 9.83. The topological polar surface area (TPSA) is 49.3 Å². The maximum absolute atomic E-state index is 11.1. The Labute approximate surface area is 126 Å². The molecular weight excluding hydrogens is 270 g/mol. The first-order valence-electron chi connectivity index (χ1n) is 7.17. The lowest BCUT2D eigenvalue weighted by molar-refractivity contribution is -0.139. The van der Waals surface area contributed by atoms with Crippen molar-refractivity contribution >= 4 is 17.7 Å². The van der Waals surface area contributed by atoms with E-state index in [-0.39, 0.29) is 0 Å². The number of rotatable bonds is 10. The molecule has 0 aromatic heterocycles. The molecule has 2 N–H and O–H groups in total. The van der Waals surface area contributed by atoms with Crippen LogP contribution >= 0.6 is 11.8 Å². The highest BCUT2D eigenvalue weighted by molar-refractivity contribution is 7.98. The van der Waals surface area contributed by atoms with Crippen molar-refractivity contribution in [3.8, 4) is 0 Å². The van der Waals surface area contributed by atoms with E-state index in [9.17, 15) is 4.79 Å². The highest BCUT2D eigenvalue weighted by atomic mass is 32.2. The molecule has 0 unspecified atom stereocenters. The van der Waals surface area contributed by atoms with Crippen LogP contribution in [0.2, 0.25) is 0 Å². The Kier molecular flexibility index (Phi) is 8.38. The van der Waals surface area contributed by atoms with Crippen LogP contribution in [0.1, 0.15) is 32.3 Å². The lowest BCUT2D eigenvalue weighted by Crippen LogP contribution is -2.38. The lowest BCUT2D eigenvalue weighted by Gasteiger charge is -2.16. The summed E-state index contributed by atoms with van der Waals surface area (Å²) < 4.78 is 0. The van der Waals surface area contributed by atoms with Gasteiger partial charge in [0.05, 0.1) is 0 Å². The molecule has 0 saturated carbocycles. The summed E-state index contributed by atoms with van der Waals surface area (Å²) in [7, 11) is 0. The molecule has 0 saturated heterocycles. The van der Waals surface area contributed by atoms with Gasteiger partial charge in [-0.05, 0) is 36.6 Å². The number of thioether (sulfide) groups is 1. The Morgan fingerprint density at radius 2 is 2.00 bits per heavy atom. The summed E-state index contributed by atoms with van der Waals surface area (Å²) in [5, 5.41) is 12.2. The third-order valence-electron chi connectivity index (χ3n) is 2.97. The van der Waals surface area contributed by atoms with Crippen molar-refractivity contribution in [2.24, 2.45) is 5.92 Å². The summed E-state index contributed by atoms with van der Waals surface area (Å²) in [6.45, 7) is 4.87. The zero-order valence-corrected chi connectivity index (χ0v) is 13.2. The Balaban J connectivity index is 2.10. The van der Waals surface area contributed by atoms with Gasteiger partial charge in [0.15, 0.2) is 0 Å². The summed E-state index contributed by atoms with van der Waals surface area (Å²) in [5.41, 5.74) is 1.34. The summed E-state index contributed by atoms with van der Waals surface area (Å²) in [5.74, 6) is 1.73. The predicted octanol–water partition coefficient (Wildman–Crippen LogP) is 3.40. The van der Waals surface area contributed by atoms with Crippen molar-refractivity contribution in [3.05, 3.63) is 35.9 Å². The lowest BCUT2D eigenvalue weighted by atomic mass is 10.0. The van der Waals surface area contributed by atoms with E-state index in [1.165, 1.54) is 5.56 Å². The first-order valence-corrected chi connectivity index (χ1v) is 8.33. The van der Waals surface area contributed by atoms with Gasteiger partial charge in [-0.3, -0.25) is 4.79 Å². The van der Waals surface area contributed by atoms with Crippen LogP contribution < -0.4 is 5.32 Å². The first-order chi connectivity index (χ1) is 9.59. The van der Waals surface area contributed by atoms with Crippen LogP contribution in [0.25, 0.3) is 0 Å². The molecule has 0 aliphatic carbocycles. The molecule has 1 atom stereocenters. The number of aliphatic carboxylic acids is 1. The molecule has 0 radical (unpaired) electrons. The average Bonchev–Trinajstić information content (AvgIpc) is 2.41. The predicted molar refractivity (Wildman–Crippen MR) is 86.1 cm³/mol. The van der Waals surface area contributed by atoms with E-state index in [1.54, 1.807) is 0 Å². The molecule has 0 bridgehead atoms. The Morgan fingerprint density at radius 1 is 1.30 bits per heavy atom. The fourth-order valence-corrected chi connectivity index (χ4v) is 2.88. The van der Waals surface area contributed by atoms with E-state index >= 15 is 0 Å². The second-order valence-electron chi connectivity index (χ2n) is 5.37. The van der Waals surface area contributed by atoms with Crippen LogP contribution in [0.3, 0.4) is 0 Å².